The molecule has 2 atom stereocenters. The fraction of sp³-hybridized carbons (Fsp3) is 0.750. The van der Waals surface area contributed by atoms with Crippen molar-refractivity contribution in [3.05, 3.63) is 18.0 Å². The second-order valence-corrected chi connectivity index (χ2v) is 4.82. The average molecular weight is 277 g/mol. The molecular weight excluding hydrogens is 259 g/mol. The first kappa shape index (κ1) is 14.3. The Morgan fingerprint density at radius 2 is 2.37 bits per heavy atom. The summed E-state index contributed by atoms with van der Waals surface area (Å²) in [6.07, 6.45) is -0.662. The van der Waals surface area contributed by atoms with Crippen LogP contribution in [0.3, 0.4) is 0 Å². The lowest BCUT2D eigenvalue weighted by Crippen LogP contribution is -2.31. The van der Waals surface area contributed by atoms with Crippen LogP contribution in [0.2, 0.25) is 0 Å². The second kappa shape index (κ2) is 5.92. The lowest BCUT2D eigenvalue weighted by atomic mass is 10.2. The molecule has 0 spiro atoms. The molecule has 1 fully saturated rings. The largest absolute Gasteiger partial charge is 0.435 e. The van der Waals surface area contributed by atoms with Crippen LogP contribution < -0.4 is 5.32 Å². The first-order chi connectivity index (χ1) is 8.97. The van der Waals surface area contributed by atoms with Gasteiger partial charge < -0.3 is 10.1 Å². The molecule has 4 nitrogen and oxygen atoms in total. The Hall–Kier alpha value is -1.08. The number of hydrogen-bond donors (Lipinski definition) is 1. The van der Waals surface area contributed by atoms with Gasteiger partial charge in [0.05, 0.1) is 12.1 Å². The quantitative estimate of drug-likeness (QED) is 0.897. The maximum absolute atomic E-state index is 12.4. The van der Waals surface area contributed by atoms with E-state index >= 15 is 0 Å². The van der Waals surface area contributed by atoms with Crippen molar-refractivity contribution in [3.63, 3.8) is 0 Å². The first-order valence-corrected chi connectivity index (χ1v) is 6.41. The van der Waals surface area contributed by atoms with Gasteiger partial charge >= 0.3 is 6.18 Å². The molecule has 7 heteroatoms. The van der Waals surface area contributed by atoms with Crippen LogP contribution >= 0.6 is 0 Å². The third-order valence-corrected chi connectivity index (χ3v) is 3.19. The molecule has 19 heavy (non-hydrogen) atoms. The van der Waals surface area contributed by atoms with Crippen molar-refractivity contribution in [3.8, 4) is 0 Å². The summed E-state index contributed by atoms with van der Waals surface area (Å²) >= 11 is 0. The third kappa shape index (κ3) is 3.94. The van der Waals surface area contributed by atoms with Crippen molar-refractivity contribution in [2.24, 2.45) is 0 Å². The minimum absolute atomic E-state index is 0.127. The highest BCUT2D eigenvalue weighted by Gasteiger charge is 2.33. The van der Waals surface area contributed by atoms with Crippen LogP contribution in [0.15, 0.2) is 12.3 Å². The van der Waals surface area contributed by atoms with Crippen LogP contribution in [-0.2, 0) is 10.9 Å². The number of rotatable bonds is 5. The van der Waals surface area contributed by atoms with Crippen molar-refractivity contribution >= 4 is 0 Å². The summed E-state index contributed by atoms with van der Waals surface area (Å²) < 4.78 is 44.0. The van der Waals surface area contributed by atoms with E-state index in [4.69, 9.17) is 4.74 Å². The van der Waals surface area contributed by atoms with E-state index in [-0.39, 0.29) is 12.1 Å². The summed E-state index contributed by atoms with van der Waals surface area (Å²) in [6, 6.07) is 0.869. The topological polar surface area (TPSA) is 39.1 Å². The van der Waals surface area contributed by atoms with E-state index in [1.807, 2.05) is 6.92 Å². The summed E-state index contributed by atoms with van der Waals surface area (Å²) in [5, 5.41) is 6.76. The lowest BCUT2D eigenvalue weighted by Gasteiger charge is -2.15. The zero-order valence-electron chi connectivity index (χ0n) is 10.8. The lowest BCUT2D eigenvalue weighted by molar-refractivity contribution is -0.141. The molecule has 0 aromatic carbocycles. The minimum Gasteiger partial charge on any atom is -0.377 e. The van der Waals surface area contributed by atoms with Crippen molar-refractivity contribution in [2.45, 2.75) is 38.1 Å². The SMILES string of the molecule is CC(CNCC1CCCO1)n1ccc(C(F)(F)F)n1. The molecule has 1 aliphatic rings. The van der Waals surface area contributed by atoms with Crippen molar-refractivity contribution in [2.75, 3.05) is 19.7 Å². The molecule has 108 valence electrons. The number of hydrogen-bond acceptors (Lipinski definition) is 3. The van der Waals surface area contributed by atoms with E-state index in [2.05, 4.69) is 10.4 Å². The molecule has 0 amide bonds. The molecule has 0 aliphatic carbocycles. The van der Waals surface area contributed by atoms with Crippen molar-refractivity contribution in [1.82, 2.24) is 15.1 Å². The van der Waals surface area contributed by atoms with Crippen LogP contribution in [0, 0.1) is 0 Å². The summed E-state index contributed by atoms with van der Waals surface area (Å²) in [7, 11) is 0. The van der Waals surface area contributed by atoms with Crippen LogP contribution in [0.4, 0.5) is 13.2 Å². The average Bonchev–Trinajstić information content (AvgIpc) is 2.99. The smallest absolute Gasteiger partial charge is 0.377 e. The van der Waals surface area contributed by atoms with Crippen LogP contribution in [0.5, 0.6) is 0 Å². The Morgan fingerprint density at radius 1 is 1.58 bits per heavy atom. The zero-order valence-corrected chi connectivity index (χ0v) is 10.8. The molecule has 1 N–H and O–H groups in total. The predicted octanol–water partition coefficient (Wildman–Crippen LogP) is 2.23. The molecule has 2 heterocycles. The normalized spacial score (nSPS) is 21.8. The number of nitrogens with zero attached hydrogens (tertiary/aromatic N) is 2. The number of ether oxygens (including phenoxy) is 1. The standard InChI is InChI=1S/C12H18F3N3O/c1-9(7-16-8-10-3-2-6-19-10)18-5-4-11(17-18)12(13,14)15/h4-5,9-10,16H,2-3,6-8H2,1H3. The van der Waals surface area contributed by atoms with Crippen molar-refractivity contribution in [1.29, 1.82) is 0 Å². The van der Waals surface area contributed by atoms with E-state index in [0.717, 1.165) is 32.1 Å². The van der Waals surface area contributed by atoms with Gasteiger partial charge in [-0.2, -0.15) is 18.3 Å². The third-order valence-electron chi connectivity index (χ3n) is 3.19. The van der Waals surface area contributed by atoms with Gasteiger partial charge in [0.2, 0.25) is 0 Å². The van der Waals surface area contributed by atoms with E-state index in [1.54, 1.807) is 0 Å². The molecule has 1 aromatic heterocycles. The van der Waals surface area contributed by atoms with Gasteiger partial charge in [-0.3, -0.25) is 4.68 Å². The molecule has 1 saturated heterocycles. The van der Waals surface area contributed by atoms with Gasteiger partial charge in [0, 0.05) is 25.9 Å². The summed E-state index contributed by atoms with van der Waals surface area (Å²) in [5.41, 5.74) is -0.849. The fourth-order valence-electron chi connectivity index (χ4n) is 2.09. The highest BCUT2D eigenvalue weighted by molar-refractivity contribution is 5.03. The maximum atomic E-state index is 12.4. The van der Waals surface area contributed by atoms with Gasteiger partial charge in [0.1, 0.15) is 0 Å². The van der Waals surface area contributed by atoms with E-state index in [1.165, 1.54) is 10.9 Å². The number of halogens is 3. The molecule has 0 saturated carbocycles. The van der Waals surface area contributed by atoms with Gasteiger partial charge in [-0.15, -0.1) is 0 Å². The zero-order chi connectivity index (χ0) is 13.9. The molecule has 2 unspecified atom stereocenters. The molecule has 2 rings (SSSR count). The minimum atomic E-state index is -4.38. The maximum Gasteiger partial charge on any atom is 0.435 e. The Balaban J connectivity index is 1.79. The predicted molar refractivity (Wildman–Crippen MR) is 63.8 cm³/mol. The van der Waals surface area contributed by atoms with E-state index in [0.29, 0.717) is 6.54 Å². The van der Waals surface area contributed by atoms with Crippen LogP contribution in [0.1, 0.15) is 31.5 Å². The summed E-state index contributed by atoms with van der Waals surface area (Å²) in [6.45, 7) is 3.93. The van der Waals surface area contributed by atoms with Gasteiger partial charge in [0.15, 0.2) is 5.69 Å². The summed E-state index contributed by atoms with van der Waals surface area (Å²) in [4.78, 5) is 0. The Morgan fingerprint density at radius 3 is 2.95 bits per heavy atom. The first-order valence-electron chi connectivity index (χ1n) is 6.41. The van der Waals surface area contributed by atoms with Crippen LogP contribution in [-0.4, -0.2) is 35.6 Å². The van der Waals surface area contributed by atoms with Gasteiger partial charge in [-0.05, 0) is 25.8 Å². The summed E-state index contributed by atoms with van der Waals surface area (Å²) in [5.74, 6) is 0. The van der Waals surface area contributed by atoms with E-state index in [9.17, 15) is 13.2 Å². The number of alkyl halides is 3. The molecule has 0 bridgehead atoms. The van der Waals surface area contributed by atoms with Crippen LogP contribution in [0.25, 0.3) is 0 Å². The molecule has 0 radical (unpaired) electrons. The Labute approximate surface area is 109 Å². The second-order valence-electron chi connectivity index (χ2n) is 4.82. The van der Waals surface area contributed by atoms with Gasteiger partial charge in [-0.25, -0.2) is 0 Å². The fourth-order valence-corrected chi connectivity index (χ4v) is 2.09. The van der Waals surface area contributed by atoms with Gasteiger partial charge in [-0.1, -0.05) is 0 Å². The Kier molecular flexibility index (Phi) is 4.46. The monoisotopic (exact) mass is 277 g/mol. The molecule has 1 aromatic rings. The van der Waals surface area contributed by atoms with E-state index < -0.39 is 11.9 Å². The number of aromatic nitrogens is 2. The Bertz CT molecular complexity index is 399. The molecular formula is C12H18F3N3O. The van der Waals surface area contributed by atoms with Crippen molar-refractivity contribution < 1.29 is 17.9 Å². The van der Waals surface area contributed by atoms with Gasteiger partial charge in [0.25, 0.3) is 0 Å². The highest BCUT2D eigenvalue weighted by Crippen LogP contribution is 2.27. The number of nitrogens with one attached hydrogen (secondary N) is 1. The molecule has 1 aliphatic heterocycles. The highest BCUT2D eigenvalue weighted by atomic mass is 19.4.